The molecular formula is C20H24ClNO3S. The molecule has 1 fully saturated rings. The third-order valence-corrected chi connectivity index (χ3v) is 6.71. The summed E-state index contributed by atoms with van der Waals surface area (Å²) in [6.07, 6.45) is 4.21. The van der Waals surface area contributed by atoms with Crippen LogP contribution in [0.3, 0.4) is 0 Å². The quantitative estimate of drug-likeness (QED) is 0.763. The second-order valence-corrected chi connectivity index (χ2v) is 9.17. The van der Waals surface area contributed by atoms with E-state index in [4.69, 9.17) is 16.3 Å². The van der Waals surface area contributed by atoms with Crippen molar-refractivity contribution in [3.63, 3.8) is 0 Å². The Morgan fingerprint density at radius 3 is 2.23 bits per heavy atom. The minimum Gasteiger partial charge on any atom is -0.497 e. The van der Waals surface area contributed by atoms with E-state index in [0.29, 0.717) is 11.6 Å². The summed E-state index contributed by atoms with van der Waals surface area (Å²) in [6.45, 7) is 0.426. The van der Waals surface area contributed by atoms with Crippen LogP contribution in [0.4, 0.5) is 0 Å². The van der Waals surface area contributed by atoms with Crippen LogP contribution in [0.5, 0.6) is 5.75 Å². The van der Waals surface area contributed by atoms with Gasteiger partial charge in [-0.2, -0.15) is 0 Å². The number of nitrogens with one attached hydrogen (secondary N) is 1. The van der Waals surface area contributed by atoms with E-state index in [2.05, 4.69) is 16.9 Å². The lowest BCUT2D eigenvalue weighted by atomic mass is 9.79. The fourth-order valence-corrected chi connectivity index (χ4v) is 5.02. The van der Waals surface area contributed by atoms with Crippen LogP contribution in [0.1, 0.15) is 36.8 Å². The molecule has 0 unspecified atom stereocenters. The van der Waals surface area contributed by atoms with E-state index in [1.807, 2.05) is 12.1 Å². The SMILES string of the molecule is COc1ccc(C2(CNS(=O)(=O)Cc3ccc(Cl)cc3)CCCC2)cc1. The van der Waals surface area contributed by atoms with E-state index < -0.39 is 10.0 Å². The predicted molar refractivity (Wildman–Crippen MR) is 105 cm³/mol. The number of hydrogen-bond acceptors (Lipinski definition) is 3. The Balaban J connectivity index is 1.72. The molecule has 1 saturated carbocycles. The van der Waals surface area contributed by atoms with Crippen LogP contribution < -0.4 is 9.46 Å². The van der Waals surface area contributed by atoms with Gasteiger partial charge in [-0.15, -0.1) is 0 Å². The third kappa shape index (κ3) is 4.58. The van der Waals surface area contributed by atoms with Crippen molar-refractivity contribution in [3.05, 3.63) is 64.7 Å². The highest BCUT2D eigenvalue weighted by atomic mass is 35.5. The van der Waals surface area contributed by atoms with E-state index in [-0.39, 0.29) is 11.2 Å². The molecule has 0 saturated heterocycles. The molecule has 140 valence electrons. The maximum absolute atomic E-state index is 12.6. The average molecular weight is 394 g/mol. The molecule has 1 aliphatic carbocycles. The molecule has 0 heterocycles. The van der Waals surface area contributed by atoms with Gasteiger partial charge in [0.1, 0.15) is 5.75 Å². The zero-order valence-electron chi connectivity index (χ0n) is 14.9. The Kier molecular flexibility index (Phi) is 5.90. The Morgan fingerprint density at radius 1 is 1.04 bits per heavy atom. The van der Waals surface area contributed by atoms with Gasteiger partial charge in [0, 0.05) is 17.0 Å². The number of halogens is 1. The summed E-state index contributed by atoms with van der Waals surface area (Å²) >= 11 is 5.86. The van der Waals surface area contributed by atoms with Gasteiger partial charge in [0.25, 0.3) is 0 Å². The highest BCUT2D eigenvalue weighted by Gasteiger charge is 2.36. The van der Waals surface area contributed by atoms with Crippen molar-refractivity contribution < 1.29 is 13.2 Å². The lowest BCUT2D eigenvalue weighted by Crippen LogP contribution is -2.39. The molecule has 0 aliphatic heterocycles. The summed E-state index contributed by atoms with van der Waals surface area (Å²) in [5.74, 6) is 0.772. The number of sulfonamides is 1. The lowest BCUT2D eigenvalue weighted by molar-refractivity contribution is 0.410. The Bertz CT molecular complexity index is 826. The first-order valence-corrected chi connectivity index (χ1v) is 10.8. The van der Waals surface area contributed by atoms with Crippen LogP contribution >= 0.6 is 11.6 Å². The van der Waals surface area contributed by atoms with Crippen LogP contribution in [0.2, 0.25) is 5.02 Å². The smallest absolute Gasteiger partial charge is 0.215 e. The average Bonchev–Trinajstić information content (AvgIpc) is 3.12. The largest absolute Gasteiger partial charge is 0.497 e. The van der Waals surface area contributed by atoms with Crippen molar-refractivity contribution >= 4 is 21.6 Å². The van der Waals surface area contributed by atoms with Crippen molar-refractivity contribution in [2.75, 3.05) is 13.7 Å². The first kappa shape index (κ1) is 19.2. The van der Waals surface area contributed by atoms with Gasteiger partial charge in [0.2, 0.25) is 10.0 Å². The second-order valence-electron chi connectivity index (χ2n) is 6.92. The number of rotatable bonds is 7. The van der Waals surface area contributed by atoms with E-state index in [9.17, 15) is 8.42 Å². The molecule has 0 amide bonds. The van der Waals surface area contributed by atoms with Gasteiger partial charge >= 0.3 is 0 Å². The fourth-order valence-electron chi connectivity index (χ4n) is 3.66. The van der Waals surface area contributed by atoms with Gasteiger partial charge in [-0.25, -0.2) is 13.1 Å². The van der Waals surface area contributed by atoms with Gasteiger partial charge in [-0.1, -0.05) is 48.7 Å². The molecule has 1 N–H and O–H groups in total. The minimum atomic E-state index is -3.41. The molecule has 4 nitrogen and oxygen atoms in total. The summed E-state index contributed by atoms with van der Waals surface area (Å²) in [6, 6.07) is 14.9. The molecule has 6 heteroatoms. The van der Waals surface area contributed by atoms with Crippen LogP contribution in [-0.4, -0.2) is 22.1 Å². The molecule has 3 rings (SSSR count). The molecule has 0 bridgehead atoms. The maximum Gasteiger partial charge on any atom is 0.215 e. The summed E-state index contributed by atoms with van der Waals surface area (Å²) in [7, 11) is -1.77. The lowest BCUT2D eigenvalue weighted by Gasteiger charge is -2.30. The van der Waals surface area contributed by atoms with Crippen molar-refractivity contribution in [1.29, 1.82) is 0 Å². The van der Waals surface area contributed by atoms with Gasteiger partial charge in [-0.05, 0) is 48.2 Å². The van der Waals surface area contributed by atoms with Crippen molar-refractivity contribution in [2.45, 2.75) is 36.9 Å². The van der Waals surface area contributed by atoms with Gasteiger partial charge in [-0.3, -0.25) is 0 Å². The van der Waals surface area contributed by atoms with E-state index >= 15 is 0 Å². The number of methoxy groups -OCH3 is 1. The van der Waals surface area contributed by atoms with Crippen molar-refractivity contribution in [2.24, 2.45) is 0 Å². The highest BCUT2D eigenvalue weighted by Crippen LogP contribution is 2.41. The second kappa shape index (κ2) is 7.99. The molecule has 26 heavy (non-hydrogen) atoms. The molecule has 2 aromatic carbocycles. The molecule has 2 aromatic rings. The monoisotopic (exact) mass is 393 g/mol. The molecule has 0 aromatic heterocycles. The van der Waals surface area contributed by atoms with Crippen molar-refractivity contribution in [3.8, 4) is 5.75 Å². The molecule has 0 spiro atoms. The Morgan fingerprint density at radius 2 is 1.65 bits per heavy atom. The maximum atomic E-state index is 12.6. The molecule has 0 atom stereocenters. The molecular weight excluding hydrogens is 370 g/mol. The fraction of sp³-hybridized carbons (Fsp3) is 0.400. The standard InChI is InChI=1S/C20H24ClNO3S/c1-25-19-10-6-17(7-11-19)20(12-2-3-13-20)15-22-26(23,24)14-16-4-8-18(21)9-5-16/h4-11,22H,2-3,12-15H2,1H3. The van der Waals surface area contributed by atoms with Crippen LogP contribution in [-0.2, 0) is 21.2 Å². The van der Waals surface area contributed by atoms with Gasteiger partial charge in [0.05, 0.1) is 12.9 Å². The molecule has 1 aliphatic rings. The normalized spacial score (nSPS) is 16.5. The number of hydrogen-bond donors (Lipinski definition) is 1. The highest BCUT2D eigenvalue weighted by molar-refractivity contribution is 7.88. The zero-order valence-corrected chi connectivity index (χ0v) is 16.4. The first-order chi connectivity index (χ1) is 12.4. The van der Waals surface area contributed by atoms with Gasteiger partial charge in [0.15, 0.2) is 0 Å². The number of benzene rings is 2. The van der Waals surface area contributed by atoms with Crippen molar-refractivity contribution in [1.82, 2.24) is 4.72 Å². The summed E-state index contributed by atoms with van der Waals surface area (Å²) in [5.41, 5.74) is 1.76. The van der Waals surface area contributed by atoms with Crippen LogP contribution in [0.25, 0.3) is 0 Å². The summed E-state index contributed by atoms with van der Waals surface area (Å²) < 4.78 is 33.2. The van der Waals surface area contributed by atoms with Crippen LogP contribution in [0, 0.1) is 0 Å². The van der Waals surface area contributed by atoms with E-state index in [1.54, 1.807) is 31.4 Å². The predicted octanol–water partition coefficient (Wildman–Crippen LogP) is 4.28. The molecule has 0 radical (unpaired) electrons. The summed E-state index contributed by atoms with van der Waals surface area (Å²) in [4.78, 5) is 0. The van der Waals surface area contributed by atoms with E-state index in [0.717, 1.165) is 37.0 Å². The topological polar surface area (TPSA) is 55.4 Å². The minimum absolute atomic E-state index is 0.0388. The summed E-state index contributed by atoms with van der Waals surface area (Å²) in [5, 5.41) is 0.600. The van der Waals surface area contributed by atoms with Crippen LogP contribution in [0.15, 0.2) is 48.5 Å². The van der Waals surface area contributed by atoms with E-state index in [1.165, 1.54) is 5.56 Å². The third-order valence-electron chi connectivity index (χ3n) is 5.16. The number of ether oxygens (including phenoxy) is 1. The van der Waals surface area contributed by atoms with Gasteiger partial charge < -0.3 is 4.74 Å². The zero-order chi connectivity index (χ0) is 18.6. The first-order valence-electron chi connectivity index (χ1n) is 8.79. The Hall–Kier alpha value is -1.56. The Labute approximate surface area is 160 Å².